The van der Waals surface area contributed by atoms with Gasteiger partial charge in [-0.3, -0.25) is 0 Å². The summed E-state index contributed by atoms with van der Waals surface area (Å²) in [5, 5.41) is 0. The van der Waals surface area contributed by atoms with E-state index in [1.807, 2.05) is 0 Å². The zero-order valence-corrected chi connectivity index (χ0v) is 5.29. The van der Waals surface area contributed by atoms with E-state index in [1.165, 1.54) is 6.08 Å². The van der Waals surface area contributed by atoms with Crippen molar-refractivity contribution >= 4 is 11.9 Å². The third-order valence-corrected chi connectivity index (χ3v) is 1.11. The van der Waals surface area contributed by atoms with Gasteiger partial charge in [-0.15, -0.1) is 6.58 Å². The van der Waals surface area contributed by atoms with Gasteiger partial charge in [-0.05, 0) is 6.42 Å². The molecule has 52 valence electrons. The molecule has 3 heteroatoms. The quantitative estimate of drug-likeness (QED) is 0.318. The molecule has 0 aromatic rings. The lowest BCUT2D eigenvalue weighted by atomic mass is 10.2. The summed E-state index contributed by atoms with van der Waals surface area (Å²) >= 11 is 0. The molecule has 0 saturated heterocycles. The van der Waals surface area contributed by atoms with E-state index in [-0.39, 0.29) is 0 Å². The van der Waals surface area contributed by atoms with Crippen LogP contribution in [-0.4, -0.2) is 11.9 Å². The van der Waals surface area contributed by atoms with Crippen LogP contribution in [0.4, 0.5) is 0 Å². The van der Waals surface area contributed by atoms with Crippen LogP contribution in [0.5, 0.6) is 0 Å². The molecule has 1 aliphatic rings. The number of hydrogen-bond acceptors (Lipinski definition) is 3. The maximum absolute atomic E-state index is 10.6. The van der Waals surface area contributed by atoms with Crippen LogP contribution in [0.15, 0.2) is 24.3 Å². The Morgan fingerprint density at radius 2 is 2.30 bits per heavy atom. The fourth-order valence-corrected chi connectivity index (χ4v) is 0.685. The van der Waals surface area contributed by atoms with Crippen molar-refractivity contribution in [2.45, 2.75) is 6.42 Å². The largest absolute Gasteiger partial charge is 0.386 e. The van der Waals surface area contributed by atoms with Gasteiger partial charge in [0, 0.05) is 11.6 Å². The van der Waals surface area contributed by atoms with Gasteiger partial charge in [0.05, 0.1) is 0 Å². The maximum atomic E-state index is 10.6. The van der Waals surface area contributed by atoms with Crippen molar-refractivity contribution in [1.82, 2.24) is 0 Å². The highest BCUT2D eigenvalue weighted by Crippen LogP contribution is 2.11. The summed E-state index contributed by atoms with van der Waals surface area (Å²) < 4.78 is 4.21. The van der Waals surface area contributed by atoms with Crippen molar-refractivity contribution in [2.75, 3.05) is 0 Å². The standard InChI is InChI=1S/C7H6O3/c1-2-3-5-4-6(8)10-7(5)9/h2,4H,1,3H2. The number of hydrogen-bond donors (Lipinski definition) is 0. The first-order valence-electron chi connectivity index (χ1n) is 2.81. The fraction of sp³-hybridized carbons (Fsp3) is 0.143. The monoisotopic (exact) mass is 138 g/mol. The Hall–Kier alpha value is -1.38. The summed E-state index contributed by atoms with van der Waals surface area (Å²) in [6.07, 6.45) is 3.13. The van der Waals surface area contributed by atoms with E-state index in [9.17, 15) is 9.59 Å². The lowest BCUT2D eigenvalue weighted by molar-refractivity contribution is -0.150. The molecule has 0 aliphatic carbocycles. The summed E-state index contributed by atoms with van der Waals surface area (Å²) in [5.41, 5.74) is 0.375. The molecule has 1 heterocycles. The highest BCUT2D eigenvalue weighted by Gasteiger charge is 2.21. The van der Waals surface area contributed by atoms with Crippen molar-refractivity contribution in [1.29, 1.82) is 0 Å². The third kappa shape index (κ3) is 1.13. The first-order chi connectivity index (χ1) is 4.74. The van der Waals surface area contributed by atoms with Gasteiger partial charge in [-0.1, -0.05) is 6.08 Å². The Labute approximate surface area is 58.0 Å². The van der Waals surface area contributed by atoms with Crippen molar-refractivity contribution < 1.29 is 14.3 Å². The minimum absolute atomic E-state index is 0.375. The lowest BCUT2D eigenvalue weighted by Crippen LogP contribution is -2.00. The Kier molecular flexibility index (Phi) is 1.67. The van der Waals surface area contributed by atoms with E-state index in [0.717, 1.165) is 0 Å². The summed E-state index contributed by atoms with van der Waals surface area (Å²) in [6, 6.07) is 0. The highest BCUT2D eigenvalue weighted by atomic mass is 16.6. The van der Waals surface area contributed by atoms with Crippen molar-refractivity contribution in [2.24, 2.45) is 0 Å². The van der Waals surface area contributed by atoms with Gasteiger partial charge in [-0.25, -0.2) is 9.59 Å². The van der Waals surface area contributed by atoms with Crippen LogP contribution in [-0.2, 0) is 14.3 Å². The number of ether oxygens (including phenoxy) is 1. The van der Waals surface area contributed by atoms with Crippen molar-refractivity contribution in [3.05, 3.63) is 24.3 Å². The average Bonchev–Trinajstić information content (AvgIpc) is 2.13. The van der Waals surface area contributed by atoms with Crippen molar-refractivity contribution in [3.8, 4) is 0 Å². The molecule has 0 spiro atoms. The lowest BCUT2D eigenvalue weighted by Gasteiger charge is -1.89. The molecule has 0 saturated carbocycles. The molecule has 10 heavy (non-hydrogen) atoms. The number of carbonyl (C=O) groups is 2. The van der Waals surface area contributed by atoms with Crippen LogP contribution < -0.4 is 0 Å². The van der Waals surface area contributed by atoms with Crippen LogP contribution in [0, 0.1) is 0 Å². The topological polar surface area (TPSA) is 43.4 Å². The summed E-state index contributed by atoms with van der Waals surface area (Å²) in [6.45, 7) is 3.42. The predicted octanol–water partition coefficient (Wildman–Crippen LogP) is 0.572. The molecule has 0 unspecified atom stereocenters. The molecule has 0 fully saturated rings. The number of esters is 2. The molecule has 1 aliphatic heterocycles. The van der Waals surface area contributed by atoms with E-state index in [4.69, 9.17) is 0 Å². The van der Waals surface area contributed by atoms with Gasteiger partial charge in [0.25, 0.3) is 0 Å². The normalized spacial score (nSPS) is 16.6. The van der Waals surface area contributed by atoms with Crippen LogP contribution in [0.2, 0.25) is 0 Å². The molecule has 0 N–H and O–H groups in total. The van der Waals surface area contributed by atoms with E-state index >= 15 is 0 Å². The molecule has 0 aromatic heterocycles. The Morgan fingerprint density at radius 1 is 1.60 bits per heavy atom. The minimum atomic E-state index is -0.582. The first kappa shape index (κ1) is 6.74. The van der Waals surface area contributed by atoms with Gasteiger partial charge in [-0.2, -0.15) is 0 Å². The van der Waals surface area contributed by atoms with E-state index in [2.05, 4.69) is 11.3 Å². The smallest absolute Gasteiger partial charge is 0.342 e. The summed E-state index contributed by atoms with van der Waals surface area (Å²) in [7, 11) is 0. The molecule has 0 bridgehead atoms. The fourth-order valence-electron chi connectivity index (χ4n) is 0.685. The summed E-state index contributed by atoms with van der Waals surface area (Å²) in [4.78, 5) is 21.0. The average molecular weight is 138 g/mol. The second-order valence-electron chi connectivity index (χ2n) is 1.87. The molecule has 0 atom stereocenters. The third-order valence-electron chi connectivity index (χ3n) is 1.11. The number of cyclic esters (lactones) is 2. The Morgan fingerprint density at radius 3 is 2.70 bits per heavy atom. The zero-order valence-electron chi connectivity index (χ0n) is 5.29. The Balaban J connectivity index is 2.74. The van der Waals surface area contributed by atoms with Crippen molar-refractivity contribution in [3.63, 3.8) is 0 Å². The van der Waals surface area contributed by atoms with Crippen LogP contribution >= 0.6 is 0 Å². The molecule has 1 rings (SSSR count). The Bertz CT molecular complexity index is 225. The first-order valence-corrected chi connectivity index (χ1v) is 2.81. The van der Waals surface area contributed by atoms with E-state index in [0.29, 0.717) is 12.0 Å². The van der Waals surface area contributed by atoms with Gasteiger partial charge in [0.2, 0.25) is 0 Å². The maximum Gasteiger partial charge on any atom is 0.342 e. The molecule has 3 nitrogen and oxygen atoms in total. The second kappa shape index (κ2) is 2.47. The van der Waals surface area contributed by atoms with Gasteiger partial charge < -0.3 is 4.74 Å². The van der Waals surface area contributed by atoms with Crippen LogP contribution in [0.25, 0.3) is 0 Å². The number of allylic oxidation sites excluding steroid dienone is 1. The highest BCUT2D eigenvalue weighted by molar-refractivity contribution is 6.08. The van der Waals surface area contributed by atoms with Crippen LogP contribution in [0.3, 0.4) is 0 Å². The van der Waals surface area contributed by atoms with E-state index < -0.39 is 11.9 Å². The number of rotatable bonds is 2. The van der Waals surface area contributed by atoms with E-state index in [1.54, 1.807) is 6.08 Å². The molecule has 0 amide bonds. The summed E-state index contributed by atoms with van der Waals surface area (Å²) in [5.74, 6) is -1.13. The second-order valence-corrected chi connectivity index (χ2v) is 1.87. The SMILES string of the molecule is C=CCC1=CC(=O)OC1=O. The van der Waals surface area contributed by atoms with Gasteiger partial charge in [0.15, 0.2) is 0 Å². The molecule has 0 radical (unpaired) electrons. The number of carbonyl (C=O) groups excluding carboxylic acids is 2. The molecular formula is C7H6O3. The van der Waals surface area contributed by atoms with Gasteiger partial charge >= 0.3 is 11.9 Å². The minimum Gasteiger partial charge on any atom is -0.386 e. The predicted molar refractivity (Wildman–Crippen MR) is 34.0 cm³/mol. The molecule has 0 aromatic carbocycles. The zero-order chi connectivity index (χ0) is 7.56. The van der Waals surface area contributed by atoms with Gasteiger partial charge in [0.1, 0.15) is 0 Å². The molecular weight excluding hydrogens is 132 g/mol. The van der Waals surface area contributed by atoms with Crippen LogP contribution in [0.1, 0.15) is 6.42 Å².